The van der Waals surface area contributed by atoms with Crippen LogP contribution in [-0.4, -0.2) is 33.3 Å². The fraction of sp³-hybridized carbons (Fsp3) is 0.222. The number of ketones is 1. The highest BCUT2D eigenvalue weighted by atomic mass is 16.5. The van der Waals surface area contributed by atoms with Crippen molar-refractivity contribution in [3.05, 3.63) is 100 Å². The molecule has 0 aliphatic carbocycles. The largest absolute Gasteiger partial charge is 0.507 e. The molecule has 6 heteroatoms. The molecule has 1 saturated heterocycles. The Balaban J connectivity index is 1.85. The first kappa shape index (κ1) is 22.3. The van der Waals surface area contributed by atoms with Gasteiger partial charge in [0.1, 0.15) is 11.5 Å². The molecule has 1 aliphatic rings. The lowest BCUT2D eigenvalue weighted by Crippen LogP contribution is -2.29. The first-order valence-electron chi connectivity index (χ1n) is 10.9. The van der Waals surface area contributed by atoms with Gasteiger partial charge in [0, 0.05) is 24.5 Å². The lowest BCUT2D eigenvalue weighted by atomic mass is 9.93. The summed E-state index contributed by atoms with van der Waals surface area (Å²) < 4.78 is 5.54. The van der Waals surface area contributed by atoms with Crippen molar-refractivity contribution in [1.29, 1.82) is 0 Å². The van der Waals surface area contributed by atoms with E-state index in [4.69, 9.17) is 4.74 Å². The summed E-state index contributed by atoms with van der Waals surface area (Å²) in [6.45, 7) is 6.44. The van der Waals surface area contributed by atoms with Crippen LogP contribution in [0.3, 0.4) is 0 Å². The fourth-order valence-corrected chi connectivity index (χ4v) is 4.13. The van der Waals surface area contributed by atoms with Gasteiger partial charge in [0.05, 0.1) is 18.2 Å². The standard InChI is InChI=1S/C27H26N2O4/c1-4-33-21-11-12-22(18(3)14-21)25(30)23-24(20-9-7-17(2)8-10-20)29(27(32)26(23)31)16-19-6-5-13-28-15-19/h5-15,24,30H,4,16H2,1-3H3/t24-/m1/s1. The van der Waals surface area contributed by atoms with E-state index in [0.717, 1.165) is 22.3 Å². The zero-order valence-corrected chi connectivity index (χ0v) is 18.9. The lowest BCUT2D eigenvalue weighted by Gasteiger charge is -2.25. The maximum atomic E-state index is 13.2. The smallest absolute Gasteiger partial charge is 0.295 e. The highest BCUT2D eigenvalue weighted by molar-refractivity contribution is 6.46. The van der Waals surface area contributed by atoms with Crippen molar-refractivity contribution in [3.8, 4) is 5.75 Å². The Kier molecular flexibility index (Phi) is 6.27. The monoisotopic (exact) mass is 442 g/mol. The first-order chi connectivity index (χ1) is 15.9. The Hall–Kier alpha value is -3.93. The zero-order valence-electron chi connectivity index (χ0n) is 18.9. The molecular formula is C27H26N2O4. The summed E-state index contributed by atoms with van der Waals surface area (Å²) in [5, 5.41) is 11.3. The molecular weight excluding hydrogens is 416 g/mol. The number of aliphatic hydroxyl groups excluding tert-OH is 1. The summed E-state index contributed by atoms with van der Waals surface area (Å²) in [5.41, 5.74) is 3.95. The molecule has 0 bridgehead atoms. The fourth-order valence-electron chi connectivity index (χ4n) is 4.13. The van der Waals surface area contributed by atoms with Gasteiger partial charge in [-0.2, -0.15) is 0 Å². The third-order valence-corrected chi connectivity index (χ3v) is 5.77. The van der Waals surface area contributed by atoms with E-state index in [2.05, 4.69) is 4.98 Å². The molecule has 1 aromatic heterocycles. The van der Waals surface area contributed by atoms with Crippen LogP contribution in [0.15, 0.2) is 72.6 Å². The highest BCUT2D eigenvalue weighted by Crippen LogP contribution is 2.41. The maximum absolute atomic E-state index is 13.2. The second-order valence-corrected chi connectivity index (χ2v) is 8.11. The SMILES string of the molecule is CCOc1ccc(C(O)=C2C(=O)C(=O)N(Cc3cccnc3)[C@@H]2c2ccc(C)cc2)c(C)c1. The van der Waals surface area contributed by atoms with Gasteiger partial charge in [0.15, 0.2) is 0 Å². The number of ether oxygens (including phenoxy) is 1. The van der Waals surface area contributed by atoms with Crippen LogP contribution in [0.5, 0.6) is 5.75 Å². The van der Waals surface area contributed by atoms with Crippen molar-refractivity contribution in [2.24, 2.45) is 0 Å². The van der Waals surface area contributed by atoms with Gasteiger partial charge in [-0.1, -0.05) is 35.9 Å². The molecule has 0 radical (unpaired) electrons. The molecule has 0 saturated carbocycles. The maximum Gasteiger partial charge on any atom is 0.295 e. The normalized spacial score (nSPS) is 17.4. The van der Waals surface area contributed by atoms with E-state index >= 15 is 0 Å². The van der Waals surface area contributed by atoms with Crippen molar-refractivity contribution in [2.45, 2.75) is 33.4 Å². The minimum atomic E-state index is -0.711. The number of pyridine rings is 1. The van der Waals surface area contributed by atoms with E-state index in [-0.39, 0.29) is 17.9 Å². The summed E-state index contributed by atoms with van der Waals surface area (Å²) in [5.74, 6) is -0.850. The number of likely N-dealkylation sites (tertiary alicyclic amines) is 1. The van der Waals surface area contributed by atoms with Crippen molar-refractivity contribution < 1.29 is 19.4 Å². The molecule has 1 atom stereocenters. The van der Waals surface area contributed by atoms with Crippen LogP contribution in [0.25, 0.3) is 5.76 Å². The molecule has 1 amide bonds. The Bertz CT molecular complexity index is 1220. The molecule has 168 valence electrons. The number of benzene rings is 2. The average molecular weight is 443 g/mol. The topological polar surface area (TPSA) is 79.7 Å². The van der Waals surface area contributed by atoms with Crippen LogP contribution in [0.1, 0.15) is 40.8 Å². The molecule has 4 rings (SSSR count). The third-order valence-electron chi connectivity index (χ3n) is 5.77. The van der Waals surface area contributed by atoms with Crippen molar-refractivity contribution in [3.63, 3.8) is 0 Å². The van der Waals surface area contributed by atoms with Gasteiger partial charge >= 0.3 is 0 Å². The number of amides is 1. The third kappa shape index (κ3) is 4.37. The van der Waals surface area contributed by atoms with Crippen LogP contribution in [0.2, 0.25) is 0 Å². The lowest BCUT2D eigenvalue weighted by molar-refractivity contribution is -0.140. The number of hydrogen-bond donors (Lipinski definition) is 1. The van der Waals surface area contributed by atoms with Gasteiger partial charge in [0.25, 0.3) is 11.7 Å². The predicted octanol–water partition coefficient (Wildman–Crippen LogP) is 4.72. The van der Waals surface area contributed by atoms with E-state index in [1.54, 1.807) is 30.6 Å². The van der Waals surface area contributed by atoms with Crippen molar-refractivity contribution >= 4 is 17.4 Å². The Morgan fingerprint density at radius 2 is 1.85 bits per heavy atom. The van der Waals surface area contributed by atoms with Crippen LogP contribution in [0, 0.1) is 13.8 Å². The van der Waals surface area contributed by atoms with Crippen LogP contribution in [-0.2, 0) is 16.1 Å². The molecule has 0 spiro atoms. The number of carbonyl (C=O) groups excluding carboxylic acids is 2. The quantitative estimate of drug-likeness (QED) is 0.339. The predicted molar refractivity (Wildman–Crippen MR) is 126 cm³/mol. The van der Waals surface area contributed by atoms with Gasteiger partial charge in [-0.15, -0.1) is 0 Å². The second-order valence-electron chi connectivity index (χ2n) is 8.11. The van der Waals surface area contributed by atoms with Gasteiger partial charge in [0.2, 0.25) is 0 Å². The molecule has 1 aliphatic heterocycles. The van der Waals surface area contributed by atoms with Crippen molar-refractivity contribution in [2.75, 3.05) is 6.61 Å². The van der Waals surface area contributed by atoms with Gasteiger partial charge in [-0.25, -0.2) is 0 Å². The van der Waals surface area contributed by atoms with Gasteiger partial charge < -0.3 is 14.7 Å². The number of hydrogen-bond acceptors (Lipinski definition) is 5. The van der Waals surface area contributed by atoms with E-state index in [1.165, 1.54) is 4.90 Å². The molecule has 6 nitrogen and oxygen atoms in total. The minimum absolute atomic E-state index is 0.0833. The Morgan fingerprint density at radius 1 is 1.09 bits per heavy atom. The summed E-state index contributed by atoms with van der Waals surface area (Å²) in [6.07, 6.45) is 3.33. The second kappa shape index (κ2) is 9.28. The molecule has 2 aromatic carbocycles. The van der Waals surface area contributed by atoms with Crippen LogP contribution < -0.4 is 4.74 Å². The van der Waals surface area contributed by atoms with Crippen molar-refractivity contribution in [1.82, 2.24) is 9.88 Å². The minimum Gasteiger partial charge on any atom is -0.507 e. The number of rotatable bonds is 6. The molecule has 3 aromatic rings. The molecule has 0 unspecified atom stereocenters. The van der Waals surface area contributed by atoms with E-state index < -0.39 is 17.7 Å². The molecule has 2 heterocycles. The number of aliphatic hydroxyl groups is 1. The first-order valence-corrected chi connectivity index (χ1v) is 10.9. The zero-order chi connectivity index (χ0) is 23.5. The number of nitrogens with zero attached hydrogens (tertiary/aromatic N) is 2. The Morgan fingerprint density at radius 3 is 2.48 bits per heavy atom. The van der Waals surface area contributed by atoms with E-state index in [9.17, 15) is 14.7 Å². The van der Waals surface area contributed by atoms with Crippen LogP contribution >= 0.6 is 0 Å². The molecule has 1 N–H and O–H groups in total. The average Bonchev–Trinajstić information content (AvgIpc) is 3.05. The van der Waals surface area contributed by atoms with E-state index in [0.29, 0.717) is 17.9 Å². The van der Waals surface area contributed by atoms with E-state index in [1.807, 2.05) is 57.2 Å². The number of carbonyl (C=O) groups is 2. The number of aryl methyl sites for hydroxylation is 2. The summed E-state index contributed by atoms with van der Waals surface area (Å²) >= 11 is 0. The summed E-state index contributed by atoms with van der Waals surface area (Å²) in [7, 11) is 0. The molecule has 33 heavy (non-hydrogen) atoms. The summed E-state index contributed by atoms with van der Waals surface area (Å²) in [4.78, 5) is 31.9. The summed E-state index contributed by atoms with van der Waals surface area (Å²) in [6, 6.07) is 15.9. The number of aromatic nitrogens is 1. The highest BCUT2D eigenvalue weighted by Gasteiger charge is 2.46. The van der Waals surface area contributed by atoms with Gasteiger partial charge in [-0.3, -0.25) is 14.6 Å². The van der Waals surface area contributed by atoms with Crippen LogP contribution in [0.4, 0.5) is 0 Å². The Labute approximate surface area is 193 Å². The number of Topliss-reactive ketones (excluding diaryl/α,β-unsaturated/α-hetero) is 1. The molecule has 1 fully saturated rings. The van der Waals surface area contributed by atoms with Gasteiger partial charge in [-0.05, 0) is 61.7 Å².